The second-order valence-corrected chi connectivity index (χ2v) is 10.6. The number of halogens is 1. The summed E-state index contributed by atoms with van der Waals surface area (Å²) in [4.78, 5) is 26.9. The molecular weight excluding hydrogens is 478 g/mol. The third-order valence-corrected chi connectivity index (χ3v) is 8.08. The Kier molecular flexibility index (Phi) is 8.06. The van der Waals surface area contributed by atoms with Crippen molar-refractivity contribution in [1.29, 1.82) is 0 Å². The topological polar surface area (TPSA) is 90.8 Å². The molecule has 2 aromatic rings. The van der Waals surface area contributed by atoms with Gasteiger partial charge >= 0.3 is 0 Å². The predicted molar refractivity (Wildman–Crippen MR) is 139 cm³/mol. The molecule has 3 heterocycles. The fourth-order valence-corrected chi connectivity index (χ4v) is 5.90. The predicted octanol–water partition coefficient (Wildman–Crippen LogP) is 3.26. The average Bonchev–Trinajstić information content (AvgIpc) is 3.21. The SMILES string of the molecule is C[C@@H]1C[C@H](O)c2ncnc(N3CCN(C(=O)[C@H](CCNC4CCOCC4)c4ccc(Cl)cc4)CC3)c21. The second-order valence-electron chi connectivity index (χ2n) is 10.2. The first-order valence-electron chi connectivity index (χ1n) is 13.1. The molecule has 2 saturated heterocycles. The number of hydrogen-bond donors (Lipinski definition) is 2. The Morgan fingerprint density at radius 1 is 1.17 bits per heavy atom. The van der Waals surface area contributed by atoms with Crippen LogP contribution < -0.4 is 10.2 Å². The van der Waals surface area contributed by atoms with Gasteiger partial charge in [0.1, 0.15) is 12.1 Å². The maximum absolute atomic E-state index is 13.8. The number of ether oxygens (including phenoxy) is 1. The first-order valence-corrected chi connectivity index (χ1v) is 13.5. The zero-order valence-electron chi connectivity index (χ0n) is 20.9. The average molecular weight is 514 g/mol. The lowest BCUT2D eigenvalue weighted by molar-refractivity contribution is -0.133. The Hall–Kier alpha value is -2.26. The minimum Gasteiger partial charge on any atom is -0.387 e. The van der Waals surface area contributed by atoms with Crippen molar-refractivity contribution in [1.82, 2.24) is 20.2 Å². The van der Waals surface area contributed by atoms with Crippen LogP contribution in [0.4, 0.5) is 5.82 Å². The minimum atomic E-state index is -0.519. The smallest absolute Gasteiger partial charge is 0.230 e. The van der Waals surface area contributed by atoms with Gasteiger partial charge in [-0.25, -0.2) is 9.97 Å². The molecule has 2 aliphatic heterocycles. The van der Waals surface area contributed by atoms with Crippen molar-refractivity contribution < 1.29 is 14.6 Å². The molecule has 1 amide bonds. The monoisotopic (exact) mass is 513 g/mol. The largest absolute Gasteiger partial charge is 0.387 e. The molecule has 9 heteroatoms. The van der Waals surface area contributed by atoms with Gasteiger partial charge in [-0.05, 0) is 55.8 Å². The molecule has 1 aromatic carbocycles. The summed E-state index contributed by atoms with van der Waals surface area (Å²) in [6.07, 6.45) is 4.49. The van der Waals surface area contributed by atoms with Crippen molar-refractivity contribution in [2.24, 2.45) is 0 Å². The highest BCUT2D eigenvalue weighted by molar-refractivity contribution is 6.30. The van der Waals surface area contributed by atoms with Gasteiger partial charge in [-0.1, -0.05) is 30.7 Å². The summed E-state index contributed by atoms with van der Waals surface area (Å²) in [5.41, 5.74) is 2.82. The Bertz CT molecular complexity index is 1040. The van der Waals surface area contributed by atoms with E-state index in [2.05, 4.69) is 27.1 Å². The van der Waals surface area contributed by atoms with Crippen LogP contribution in [0.1, 0.15) is 67.4 Å². The summed E-state index contributed by atoms with van der Waals surface area (Å²) in [5, 5.41) is 14.7. The number of benzene rings is 1. The molecule has 0 spiro atoms. The Morgan fingerprint density at radius 3 is 2.61 bits per heavy atom. The van der Waals surface area contributed by atoms with Crippen LogP contribution in [0, 0.1) is 0 Å². The number of aliphatic hydroxyl groups excluding tert-OH is 1. The van der Waals surface area contributed by atoms with Crippen molar-refractivity contribution in [3.8, 4) is 0 Å². The van der Waals surface area contributed by atoms with Gasteiger partial charge in [-0.15, -0.1) is 0 Å². The Morgan fingerprint density at radius 2 is 1.89 bits per heavy atom. The lowest BCUT2D eigenvalue weighted by Gasteiger charge is -2.38. The highest BCUT2D eigenvalue weighted by Crippen LogP contribution is 2.42. The molecule has 2 N–H and O–H groups in total. The molecule has 3 aliphatic rings. The molecular formula is C27H36ClN5O3. The number of carbonyl (C=O) groups is 1. The summed E-state index contributed by atoms with van der Waals surface area (Å²) in [7, 11) is 0. The molecule has 8 nitrogen and oxygen atoms in total. The third-order valence-electron chi connectivity index (χ3n) is 7.83. The van der Waals surface area contributed by atoms with Crippen molar-refractivity contribution in [2.45, 2.75) is 56.6 Å². The molecule has 0 radical (unpaired) electrons. The molecule has 1 aromatic heterocycles. The highest BCUT2D eigenvalue weighted by Gasteiger charge is 2.35. The number of hydrogen-bond acceptors (Lipinski definition) is 7. The van der Waals surface area contributed by atoms with Crippen LogP contribution >= 0.6 is 11.6 Å². The van der Waals surface area contributed by atoms with E-state index in [-0.39, 0.29) is 17.7 Å². The third kappa shape index (κ3) is 5.52. The zero-order chi connectivity index (χ0) is 25.1. The number of nitrogens with one attached hydrogen (secondary N) is 1. The highest BCUT2D eigenvalue weighted by atomic mass is 35.5. The van der Waals surface area contributed by atoms with E-state index < -0.39 is 6.10 Å². The van der Waals surface area contributed by atoms with E-state index in [1.165, 1.54) is 0 Å². The minimum absolute atomic E-state index is 0.169. The number of aliphatic hydroxyl groups is 1. The first-order chi connectivity index (χ1) is 17.5. The Labute approximate surface area is 218 Å². The fraction of sp³-hybridized carbons (Fsp3) is 0.593. The maximum atomic E-state index is 13.8. The number of carbonyl (C=O) groups excluding carboxylic acids is 1. The number of nitrogens with zero attached hydrogens (tertiary/aromatic N) is 4. The van der Waals surface area contributed by atoms with Crippen molar-refractivity contribution in [3.05, 3.63) is 52.4 Å². The summed E-state index contributed by atoms with van der Waals surface area (Å²) >= 11 is 6.13. The van der Waals surface area contributed by atoms with Gasteiger partial charge in [0.15, 0.2) is 0 Å². The lowest BCUT2D eigenvalue weighted by atomic mass is 9.93. The molecule has 36 heavy (non-hydrogen) atoms. The van der Waals surface area contributed by atoms with E-state index in [1.54, 1.807) is 6.33 Å². The van der Waals surface area contributed by atoms with E-state index in [0.717, 1.165) is 61.7 Å². The number of amides is 1. The van der Waals surface area contributed by atoms with E-state index >= 15 is 0 Å². The molecule has 0 unspecified atom stereocenters. The van der Waals surface area contributed by atoms with Crippen molar-refractivity contribution >= 4 is 23.3 Å². The van der Waals surface area contributed by atoms with Crippen LogP contribution in [-0.2, 0) is 9.53 Å². The molecule has 3 atom stereocenters. The zero-order valence-corrected chi connectivity index (χ0v) is 21.7. The number of rotatable bonds is 7. The lowest BCUT2D eigenvalue weighted by Crippen LogP contribution is -2.50. The van der Waals surface area contributed by atoms with Gasteiger partial charge in [-0.3, -0.25) is 4.79 Å². The molecule has 2 fully saturated rings. The van der Waals surface area contributed by atoms with Crippen LogP contribution in [0.5, 0.6) is 0 Å². The van der Waals surface area contributed by atoms with E-state index in [0.29, 0.717) is 43.7 Å². The molecule has 5 rings (SSSR count). The number of piperazine rings is 1. The Balaban J connectivity index is 1.24. The number of aromatic nitrogens is 2. The van der Waals surface area contributed by atoms with Crippen LogP contribution in [0.3, 0.4) is 0 Å². The van der Waals surface area contributed by atoms with Gasteiger partial charge in [0.25, 0.3) is 0 Å². The van der Waals surface area contributed by atoms with Crippen LogP contribution in [0.2, 0.25) is 5.02 Å². The second kappa shape index (κ2) is 11.4. The molecule has 0 saturated carbocycles. The van der Waals surface area contributed by atoms with E-state index in [1.807, 2.05) is 29.2 Å². The van der Waals surface area contributed by atoms with E-state index in [4.69, 9.17) is 16.3 Å². The first kappa shape index (κ1) is 25.4. The molecule has 1 aliphatic carbocycles. The maximum Gasteiger partial charge on any atom is 0.230 e. The van der Waals surface area contributed by atoms with Crippen LogP contribution in [0.15, 0.2) is 30.6 Å². The molecule has 0 bridgehead atoms. The van der Waals surface area contributed by atoms with Gasteiger partial charge in [0.05, 0.1) is 17.7 Å². The summed E-state index contributed by atoms with van der Waals surface area (Å²) in [6.45, 7) is 7.22. The van der Waals surface area contributed by atoms with Crippen molar-refractivity contribution in [2.75, 3.05) is 50.8 Å². The van der Waals surface area contributed by atoms with Gasteiger partial charge < -0.3 is 25.0 Å². The summed E-state index contributed by atoms with van der Waals surface area (Å²) in [5.74, 6) is 1.09. The van der Waals surface area contributed by atoms with Gasteiger partial charge in [-0.2, -0.15) is 0 Å². The van der Waals surface area contributed by atoms with Crippen molar-refractivity contribution in [3.63, 3.8) is 0 Å². The van der Waals surface area contributed by atoms with Gasteiger partial charge in [0.2, 0.25) is 5.91 Å². The van der Waals surface area contributed by atoms with E-state index in [9.17, 15) is 9.90 Å². The summed E-state index contributed by atoms with van der Waals surface area (Å²) < 4.78 is 5.46. The van der Waals surface area contributed by atoms with Gasteiger partial charge in [0, 0.05) is 56.0 Å². The fourth-order valence-electron chi connectivity index (χ4n) is 5.77. The summed E-state index contributed by atoms with van der Waals surface area (Å²) in [6, 6.07) is 8.15. The van der Waals surface area contributed by atoms with Crippen LogP contribution in [-0.4, -0.2) is 77.9 Å². The van der Waals surface area contributed by atoms with Crippen LogP contribution in [0.25, 0.3) is 0 Å². The quantitative estimate of drug-likeness (QED) is 0.587. The standard InChI is InChI=1S/C27H36ClN5O3/c1-18-16-23(34)25-24(18)26(31-17-30-25)32-10-12-33(13-11-32)27(35)22(19-2-4-20(28)5-3-19)6-9-29-21-7-14-36-15-8-21/h2-5,17-18,21-23,29,34H,6-16H2,1H3/t18-,22-,23+/m1/s1. The molecule has 194 valence electrons. The number of anilines is 1. The number of fused-ring (bicyclic) bond motifs is 1. The normalized spacial score (nSPS) is 23.5.